The van der Waals surface area contributed by atoms with Gasteiger partial charge in [0, 0.05) is 24.7 Å². The fourth-order valence-corrected chi connectivity index (χ4v) is 3.69. The van der Waals surface area contributed by atoms with Crippen LogP contribution in [0.25, 0.3) is 0 Å². The minimum atomic E-state index is 0.0206. The minimum absolute atomic E-state index is 0.0206. The first kappa shape index (κ1) is 15.5. The van der Waals surface area contributed by atoms with Crippen LogP contribution in [0.3, 0.4) is 0 Å². The van der Waals surface area contributed by atoms with Crippen molar-refractivity contribution in [1.82, 2.24) is 10.2 Å². The highest BCUT2D eigenvalue weighted by Crippen LogP contribution is 2.22. The number of aryl methyl sites for hydroxylation is 2. The Morgan fingerprint density at radius 2 is 2.09 bits per heavy atom. The SMILES string of the molecule is O=C(NCCN1CCCC[C@@H]1CO)c1ccc2c(c1)CCC2. The molecular weight excluding hydrogens is 276 g/mol. The molecule has 4 nitrogen and oxygen atoms in total. The average Bonchev–Trinajstić information content (AvgIpc) is 3.02. The first-order valence-electron chi connectivity index (χ1n) is 8.53. The summed E-state index contributed by atoms with van der Waals surface area (Å²) < 4.78 is 0. The summed E-state index contributed by atoms with van der Waals surface area (Å²) in [4.78, 5) is 14.6. The second-order valence-electron chi connectivity index (χ2n) is 6.46. The summed E-state index contributed by atoms with van der Waals surface area (Å²) in [5.41, 5.74) is 3.51. The van der Waals surface area contributed by atoms with Gasteiger partial charge in [-0.25, -0.2) is 0 Å². The van der Waals surface area contributed by atoms with Crippen LogP contribution >= 0.6 is 0 Å². The van der Waals surface area contributed by atoms with Crippen molar-refractivity contribution in [2.24, 2.45) is 0 Å². The summed E-state index contributed by atoms with van der Waals surface area (Å²) in [7, 11) is 0. The van der Waals surface area contributed by atoms with E-state index in [2.05, 4.69) is 22.3 Å². The molecule has 120 valence electrons. The number of piperidine rings is 1. The molecule has 1 atom stereocenters. The number of amides is 1. The highest BCUT2D eigenvalue weighted by molar-refractivity contribution is 5.94. The highest BCUT2D eigenvalue weighted by Gasteiger charge is 2.21. The number of likely N-dealkylation sites (tertiary alicyclic amines) is 1. The maximum atomic E-state index is 12.3. The van der Waals surface area contributed by atoms with Gasteiger partial charge in [0.05, 0.1) is 6.61 Å². The smallest absolute Gasteiger partial charge is 0.251 e. The minimum Gasteiger partial charge on any atom is -0.395 e. The number of fused-ring (bicyclic) bond motifs is 1. The Morgan fingerprint density at radius 1 is 1.23 bits per heavy atom. The molecule has 0 radical (unpaired) electrons. The van der Waals surface area contributed by atoms with Gasteiger partial charge in [-0.3, -0.25) is 9.69 Å². The Kier molecular flexibility index (Phi) is 5.11. The lowest BCUT2D eigenvalue weighted by molar-refractivity contribution is 0.0849. The van der Waals surface area contributed by atoms with Gasteiger partial charge in [0.15, 0.2) is 0 Å². The lowest BCUT2D eigenvalue weighted by Crippen LogP contribution is -2.45. The molecule has 1 heterocycles. The van der Waals surface area contributed by atoms with Crippen LogP contribution in [0.15, 0.2) is 18.2 Å². The molecule has 1 saturated heterocycles. The largest absolute Gasteiger partial charge is 0.395 e. The van der Waals surface area contributed by atoms with Gasteiger partial charge in [-0.05, 0) is 61.9 Å². The Morgan fingerprint density at radius 3 is 2.95 bits per heavy atom. The van der Waals surface area contributed by atoms with Gasteiger partial charge in [0.2, 0.25) is 0 Å². The summed E-state index contributed by atoms with van der Waals surface area (Å²) in [5, 5.41) is 12.4. The molecule has 0 bridgehead atoms. The molecule has 1 aromatic carbocycles. The van der Waals surface area contributed by atoms with E-state index < -0.39 is 0 Å². The number of nitrogens with zero attached hydrogens (tertiary/aromatic N) is 1. The van der Waals surface area contributed by atoms with Crippen molar-refractivity contribution in [1.29, 1.82) is 0 Å². The van der Waals surface area contributed by atoms with E-state index in [4.69, 9.17) is 0 Å². The van der Waals surface area contributed by atoms with Gasteiger partial charge < -0.3 is 10.4 Å². The Bertz CT molecular complexity index is 530. The molecule has 1 aliphatic carbocycles. The Labute approximate surface area is 132 Å². The van der Waals surface area contributed by atoms with Crippen LogP contribution in [0.2, 0.25) is 0 Å². The molecular formula is C18H26N2O2. The predicted octanol–water partition coefficient (Wildman–Crippen LogP) is 1.75. The normalized spacial score (nSPS) is 21.6. The standard InChI is InChI=1S/C18H26N2O2/c21-13-17-6-1-2-10-20(17)11-9-19-18(22)16-8-7-14-4-3-5-15(14)12-16/h7-8,12,17,21H,1-6,9-11,13H2,(H,19,22)/t17-/m1/s1. The molecule has 0 unspecified atom stereocenters. The van der Waals surface area contributed by atoms with Crippen molar-refractivity contribution in [3.05, 3.63) is 34.9 Å². The van der Waals surface area contributed by atoms with E-state index in [9.17, 15) is 9.90 Å². The predicted molar refractivity (Wildman–Crippen MR) is 87.1 cm³/mol. The molecule has 1 aliphatic heterocycles. The van der Waals surface area contributed by atoms with Crippen LogP contribution in [0.5, 0.6) is 0 Å². The summed E-state index contributed by atoms with van der Waals surface area (Å²) in [6.45, 7) is 2.72. The van der Waals surface area contributed by atoms with Crippen molar-refractivity contribution in [2.45, 2.75) is 44.6 Å². The van der Waals surface area contributed by atoms with Crippen LogP contribution in [0.4, 0.5) is 0 Å². The topological polar surface area (TPSA) is 52.6 Å². The number of aliphatic hydroxyl groups is 1. The monoisotopic (exact) mass is 302 g/mol. The number of rotatable bonds is 5. The van der Waals surface area contributed by atoms with Crippen LogP contribution in [-0.2, 0) is 12.8 Å². The van der Waals surface area contributed by atoms with Gasteiger partial charge >= 0.3 is 0 Å². The third-order valence-electron chi connectivity index (χ3n) is 5.01. The third kappa shape index (κ3) is 3.50. The summed E-state index contributed by atoms with van der Waals surface area (Å²) in [6, 6.07) is 6.36. The molecule has 2 N–H and O–H groups in total. The molecule has 2 aliphatic rings. The third-order valence-corrected chi connectivity index (χ3v) is 5.01. The molecule has 1 aromatic rings. The van der Waals surface area contributed by atoms with Crippen LogP contribution in [-0.4, -0.2) is 48.2 Å². The molecule has 1 amide bonds. The fourth-order valence-electron chi connectivity index (χ4n) is 3.69. The molecule has 4 heteroatoms. The maximum Gasteiger partial charge on any atom is 0.251 e. The quantitative estimate of drug-likeness (QED) is 0.871. The van der Waals surface area contributed by atoms with E-state index in [0.717, 1.165) is 37.9 Å². The molecule has 0 saturated carbocycles. The summed E-state index contributed by atoms with van der Waals surface area (Å²) in [5.74, 6) is 0.0206. The number of carbonyl (C=O) groups is 1. The lowest BCUT2D eigenvalue weighted by atomic mass is 10.0. The van der Waals surface area contributed by atoms with Gasteiger partial charge in [0.1, 0.15) is 0 Å². The molecule has 3 rings (SSSR count). The van der Waals surface area contributed by atoms with Crippen molar-refractivity contribution >= 4 is 5.91 Å². The fraction of sp³-hybridized carbons (Fsp3) is 0.611. The zero-order valence-electron chi connectivity index (χ0n) is 13.2. The molecule has 22 heavy (non-hydrogen) atoms. The highest BCUT2D eigenvalue weighted by atomic mass is 16.3. The number of hydrogen-bond donors (Lipinski definition) is 2. The van der Waals surface area contributed by atoms with E-state index in [-0.39, 0.29) is 18.6 Å². The van der Waals surface area contributed by atoms with Crippen LogP contribution in [0, 0.1) is 0 Å². The van der Waals surface area contributed by atoms with Gasteiger partial charge in [-0.1, -0.05) is 12.5 Å². The zero-order chi connectivity index (χ0) is 15.4. The van der Waals surface area contributed by atoms with Crippen LogP contribution in [0.1, 0.15) is 47.2 Å². The van der Waals surface area contributed by atoms with Crippen molar-refractivity contribution in [3.63, 3.8) is 0 Å². The number of nitrogens with one attached hydrogen (secondary N) is 1. The first-order valence-corrected chi connectivity index (χ1v) is 8.53. The number of hydrogen-bond acceptors (Lipinski definition) is 3. The summed E-state index contributed by atoms with van der Waals surface area (Å²) >= 11 is 0. The number of aliphatic hydroxyl groups excluding tert-OH is 1. The Hall–Kier alpha value is -1.39. The molecule has 0 aromatic heterocycles. The zero-order valence-corrected chi connectivity index (χ0v) is 13.2. The average molecular weight is 302 g/mol. The number of benzene rings is 1. The van der Waals surface area contributed by atoms with Gasteiger partial charge in [-0.2, -0.15) is 0 Å². The maximum absolute atomic E-state index is 12.3. The second-order valence-corrected chi connectivity index (χ2v) is 6.46. The van der Waals surface area contributed by atoms with E-state index >= 15 is 0 Å². The van der Waals surface area contributed by atoms with Gasteiger partial charge in [0.25, 0.3) is 5.91 Å². The summed E-state index contributed by atoms with van der Waals surface area (Å²) in [6.07, 6.45) is 6.91. The van der Waals surface area contributed by atoms with Gasteiger partial charge in [-0.15, -0.1) is 0 Å². The van der Waals surface area contributed by atoms with Crippen LogP contribution < -0.4 is 5.32 Å². The van der Waals surface area contributed by atoms with E-state index in [1.165, 1.54) is 30.4 Å². The van der Waals surface area contributed by atoms with E-state index in [1.807, 2.05) is 6.07 Å². The van der Waals surface area contributed by atoms with E-state index in [1.54, 1.807) is 0 Å². The molecule has 0 spiro atoms. The lowest BCUT2D eigenvalue weighted by Gasteiger charge is -2.34. The van der Waals surface area contributed by atoms with Crippen molar-refractivity contribution in [2.75, 3.05) is 26.2 Å². The number of carbonyl (C=O) groups excluding carboxylic acids is 1. The van der Waals surface area contributed by atoms with Crippen molar-refractivity contribution in [3.8, 4) is 0 Å². The first-order chi connectivity index (χ1) is 10.8. The van der Waals surface area contributed by atoms with Crippen molar-refractivity contribution < 1.29 is 9.90 Å². The Balaban J connectivity index is 1.50. The second kappa shape index (κ2) is 7.25. The molecule has 1 fully saturated rings. The van der Waals surface area contributed by atoms with E-state index in [0.29, 0.717) is 6.54 Å².